The zero-order valence-corrected chi connectivity index (χ0v) is 6.69. The van der Waals surface area contributed by atoms with Crippen LogP contribution in [0.1, 0.15) is 20.3 Å². The summed E-state index contributed by atoms with van der Waals surface area (Å²) in [5, 5.41) is 0. The Morgan fingerprint density at radius 3 is 1.12 bits per heavy atom. The van der Waals surface area contributed by atoms with Crippen molar-refractivity contribution in [3.05, 3.63) is 0 Å². The molecule has 0 unspecified atom stereocenters. The van der Waals surface area contributed by atoms with Gasteiger partial charge in [0, 0.05) is 14.2 Å². The third-order valence-corrected chi connectivity index (χ3v) is 0. The van der Waals surface area contributed by atoms with Gasteiger partial charge in [0.1, 0.15) is 0 Å². The van der Waals surface area contributed by atoms with E-state index in [1.54, 1.807) is 14.2 Å². The third-order valence-electron chi connectivity index (χ3n) is 0. The van der Waals surface area contributed by atoms with E-state index in [4.69, 9.17) is 0 Å². The van der Waals surface area contributed by atoms with Gasteiger partial charge in [-0.05, 0) is 7.05 Å². The summed E-state index contributed by atoms with van der Waals surface area (Å²) in [7, 11) is 4.75. The summed E-state index contributed by atoms with van der Waals surface area (Å²) >= 11 is 0. The Kier molecular flexibility index (Phi) is 129. The van der Waals surface area contributed by atoms with Gasteiger partial charge in [-0.25, -0.2) is 0 Å². The fraction of sp³-hybridized carbons (Fsp3) is 1.00. The summed E-state index contributed by atoms with van der Waals surface area (Å²) in [6.45, 7) is 4.25. The molecule has 0 saturated heterocycles. The van der Waals surface area contributed by atoms with Gasteiger partial charge in [-0.3, -0.25) is 0 Å². The maximum Gasteiger partial charge on any atom is 0.0351 e. The van der Waals surface area contributed by atoms with Crippen molar-refractivity contribution in [3.8, 4) is 0 Å². The van der Waals surface area contributed by atoms with Gasteiger partial charge < -0.3 is 10.5 Å². The highest BCUT2D eigenvalue weighted by Gasteiger charge is 1.35. The predicted molar refractivity (Wildman–Crippen MR) is 39.0 cm³/mol. The summed E-state index contributed by atoms with van der Waals surface area (Å²) in [4.78, 5) is 0. The predicted octanol–water partition coefficient (Wildman–Crippen LogP) is 1.25. The van der Waals surface area contributed by atoms with Crippen molar-refractivity contribution in [1.29, 1.82) is 0 Å². The highest BCUT2D eigenvalue weighted by Crippen LogP contribution is 1.56. The van der Waals surface area contributed by atoms with Crippen LogP contribution in [0.25, 0.3) is 0 Å². The summed E-state index contributed by atoms with van der Waals surface area (Å²) in [5.74, 6) is 0. The van der Waals surface area contributed by atoms with E-state index in [0.29, 0.717) is 0 Å². The van der Waals surface area contributed by atoms with Crippen molar-refractivity contribution in [3.63, 3.8) is 0 Å². The molecule has 2 nitrogen and oxygen atoms in total. The summed E-state index contributed by atoms with van der Waals surface area (Å²) < 4.78 is 4.25. The van der Waals surface area contributed by atoms with E-state index in [2.05, 4.69) is 24.3 Å². The maximum atomic E-state index is 4.50. The number of hydrogen-bond acceptors (Lipinski definition) is 2. The summed E-state index contributed by atoms with van der Waals surface area (Å²) in [5.41, 5.74) is 4.50. The lowest BCUT2D eigenvalue weighted by Crippen LogP contribution is -1.69. The van der Waals surface area contributed by atoms with E-state index in [0.717, 1.165) is 0 Å². The number of methoxy groups -OCH3 is 1. The Balaban J connectivity index is -0.0000000483. The van der Waals surface area contributed by atoms with Gasteiger partial charge in [0.2, 0.25) is 0 Å². The molecule has 0 bridgehead atoms. The molecular formula is C6H19NO. The van der Waals surface area contributed by atoms with Gasteiger partial charge in [0.25, 0.3) is 0 Å². The molecule has 54 valence electrons. The number of nitrogens with two attached hydrogens (primary N) is 1. The second-order valence-electron chi connectivity index (χ2n) is 1.12. The Morgan fingerprint density at radius 2 is 1.12 bits per heavy atom. The Bertz CT molecular complexity index is 10.5. The molecule has 0 aromatic rings. The van der Waals surface area contributed by atoms with Crippen molar-refractivity contribution in [2.75, 3.05) is 21.3 Å². The molecule has 0 spiro atoms. The van der Waals surface area contributed by atoms with Gasteiger partial charge >= 0.3 is 0 Å². The van der Waals surface area contributed by atoms with Crippen molar-refractivity contribution in [1.82, 2.24) is 0 Å². The average molecular weight is 121 g/mol. The molecular weight excluding hydrogens is 102 g/mol. The second-order valence-corrected chi connectivity index (χ2v) is 1.12. The second kappa shape index (κ2) is 65.8. The Labute approximate surface area is 53.0 Å². The minimum atomic E-state index is 1.25. The van der Waals surface area contributed by atoms with Gasteiger partial charge in [0.05, 0.1) is 0 Å². The lowest BCUT2D eigenvalue weighted by Gasteiger charge is -1.61. The smallest absolute Gasteiger partial charge is 0.0351 e. The third kappa shape index (κ3) is 22400. The monoisotopic (exact) mass is 121 g/mol. The van der Waals surface area contributed by atoms with Crippen molar-refractivity contribution in [2.24, 2.45) is 5.73 Å². The van der Waals surface area contributed by atoms with Crippen molar-refractivity contribution < 1.29 is 4.74 Å². The summed E-state index contributed by atoms with van der Waals surface area (Å²) in [6.07, 6.45) is 1.25. The van der Waals surface area contributed by atoms with E-state index in [1.165, 1.54) is 13.5 Å². The molecule has 0 saturated carbocycles. The minimum Gasteiger partial charge on any atom is -0.388 e. The molecule has 2 N–H and O–H groups in total. The molecule has 8 heavy (non-hydrogen) atoms. The van der Waals surface area contributed by atoms with Crippen LogP contribution in [0.5, 0.6) is 0 Å². The topological polar surface area (TPSA) is 35.2 Å². The molecule has 0 aliphatic heterocycles. The van der Waals surface area contributed by atoms with Crippen molar-refractivity contribution in [2.45, 2.75) is 20.3 Å². The van der Waals surface area contributed by atoms with Crippen LogP contribution in [0, 0.1) is 0 Å². The zero-order valence-electron chi connectivity index (χ0n) is 6.69. The first-order valence-corrected chi connectivity index (χ1v) is 2.81. The van der Waals surface area contributed by atoms with Crippen LogP contribution >= 0.6 is 0 Å². The van der Waals surface area contributed by atoms with Crippen LogP contribution < -0.4 is 5.73 Å². The molecule has 0 radical (unpaired) electrons. The maximum absolute atomic E-state index is 4.50. The van der Waals surface area contributed by atoms with Crippen LogP contribution in [0.4, 0.5) is 0 Å². The fourth-order valence-corrected chi connectivity index (χ4v) is 0. The quantitative estimate of drug-likeness (QED) is 0.523. The Morgan fingerprint density at radius 1 is 1.12 bits per heavy atom. The SMILES string of the molecule is CCC.CN.COC. The van der Waals surface area contributed by atoms with Gasteiger partial charge in [-0.2, -0.15) is 0 Å². The van der Waals surface area contributed by atoms with Crippen LogP contribution in [-0.2, 0) is 4.74 Å². The van der Waals surface area contributed by atoms with Crippen LogP contribution in [0.3, 0.4) is 0 Å². The number of hydrogen-bond donors (Lipinski definition) is 1. The lowest BCUT2D eigenvalue weighted by molar-refractivity contribution is 0.277. The van der Waals surface area contributed by atoms with E-state index in [1.807, 2.05) is 0 Å². The average Bonchev–Trinajstić information content (AvgIpc) is 1.75. The molecule has 0 atom stereocenters. The molecule has 0 aromatic carbocycles. The normalized spacial score (nSPS) is 5.25. The van der Waals surface area contributed by atoms with Gasteiger partial charge in [-0.15, -0.1) is 0 Å². The molecule has 0 rings (SSSR count). The molecule has 0 heterocycles. The molecule has 0 amide bonds. The van der Waals surface area contributed by atoms with Crippen LogP contribution in [-0.4, -0.2) is 21.3 Å². The fourth-order valence-electron chi connectivity index (χ4n) is 0. The highest BCUT2D eigenvalue weighted by molar-refractivity contribution is 3.92. The largest absolute Gasteiger partial charge is 0.388 e. The van der Waals surface area contributed by atoms with E-state index in [-0.39, 0.29) is 0 Å². The molecule has 0 aliphatic carbocycles. The number of ether oxygens (including phenoxy) is 1. The number of rotatable bonds is 0. The zero-order chi connectivity index (χ0) is 7.41. The van der Waals surface area contributed by atoms with Crippen molar-refractivity contribution >= 4 is 0 Å². The van der Waals surface area contributed by atoms with E-state index in [9.17, 15) is 0 Å². The van der Waals surface area contributed by atoms with E-state index >= 15 is 0 Å². The highest BCUT2D eigenvalue weighted by atomic mass is 16.4. The molecule has 0 aromatic heterocycles. The van der Waals surface area contributed by atoms with Gasteiger partial charge in [-0.1, -0.05) is 20.3 Å². The summed E-state index contributed by atoms with van der Waals surface area (Å²) in [6, 6.07) is 0. The molecule has 2 heteroatoms. The lowest BCUT2D eigenvalue weighted by atomic mass is 10.6. The van der Waals surface area contributed by atoms with Gasteiger partial charge in [0.15, 0.2) is 0 Å². The standard InChI is InChI=1S/C3H8.C2H6O.CH5N/c2*1-3-2;1-2/h3H2,1-2H3;1-2H3;2H2,1H3. The van der Waals surface area contributed by atoms with Crippen LogP contribution in [0.15, 0.2) is 0 Å². The first kappa shape index (κ1) is 15.7. The minimum absolute atomic E-state index is 1.25. The first-order valence-electron chi connectivity index (χ1n) is 2.81. The molecule has 0 fully saturated rings. The van der Waals surface area contributed by atoms with E-state index < -0.39 is 0 Å². The Hall–Kier alpha value is -0.0800. The van der Waals surface area contributed by atoms with Crippen LogP contribution in [0.2, 0.25) is 0 Å². The first-order chi connectivity index (χ1) is 3.83. The molecule has 0 aliphatic rings.